The Kier molecular flexibility index (Phi) is 8.85. The number of ketones is 1. The van der Waals surface area contributed by atoms with E-state index in [-0.39, 0.29) is 23.8 Å². The molecular formula is C38H51N5O3S. The lowest BCUT2D eigenvalue weighted by Crippen LogP contribution is -2.52. The Morgan fingerprint density at radius 2 is 1.49 bits per heavy atom. The Bertz CT molecular complexity index is 1630. The van der Waals surface area contributed by atoms with E-state index < -0.39 is 5.41 Å². The normalized spacial score (nSPS) is 24.1. The monoisotopic (exact) mass is 657 g/mol. The van der Waals surface area contributed by atoms with Gasteiger partial charge in [0.1, 0.15) is 4.83 Å². The number of Topliss-reactive ketones (excluding diaryl/α,β-unsaturated/α-hetero) is 1. The van der Waals surface area contributed by atoms with Crippen LogP contribution < -0.4 is 0 Å². The average molecular weight is 658 g/mol. The maximum absolute atomic E-state index is 14.0. The van der Waals surface area contributed by atoms with Gasteiger partial charge in [0.15, 0.2) is 5.78 Å². The molecule has 9 heteroatoms. The van der Waals surface area contributed by atoms with Crippen molar-refractivity contribution >= 4 is 39.2 Å². The number of benzene rings is 1. The minimum absolute atomic E-state index is 0.0746. The maximum Gasteiger partial charge on any atom is 0.225 e. The zero-order chi connectivity index (χ0) is 33.0. The van der Waals surface area contributed by atoms with E-state index in [1.807, 2.05) is 9.80 Å². The summed E-state index contributed by atoms with van der Waals surface area (Å²) in [5.41, 5.74) is 5.75. The van der Waals surface area contributed by atoms with Crippen molar-refractivity contribution in [1.29, 1.82) is 0 Å². The van der Waals surface area contributed by atoms with Gasteiger partial charge in [0, 0.05) is 55.8 Å². The molecule has 1 unspecified atom stereocenters. The van der Waals surface area contributed by atoms with Crippen LogP contribution in [-0.2, 0) is 26.2 Å². The second-order valence-corrected chi connectivity index (χ2v) is 16.3. The molecular weight excluding hydrogens is 607 g/mol. The number of nitrogens with zero attached hydrogens (tertiary/aromatic N) is 4. The fourth-order valence-electron chi connectivity index (χ4n) is 8.82. The van der Waals surface area contributed by atoms with Crippen molar-refractivity contribution in [3.8, 4) is 11.3 Å². The highest BCUT2D eigenvalue weighted by molar-refractivity contribution is 7.19. The smallest absolute Gasteiger partial charge is 0.225 e. The van der Waals surface area contributed by atoms with E-state index in [2.05, 4.69) is 66.7 Å². The number of fused-ring (bicyclic) bond motifs is 3. The third-order valence-electron chi connectivity index (χ3n) is 11.7. The number of nitrogens with one attached hydrogen (secondary N) is 1. The molecule has 1 N–H and O–H groups in total. The van der Waals surface area contributed by atoms with Crippen molar-refractivity contribution in [3.05, 3.63) is 45.8 Å². The molecule has 4 saturated heterocycles. The Morgan fingerprint density at radius 1 is 0.851 bits per heavy atom. The van der Waals surface area contributed by atoms with Crippen molar-refractivity contribution < 1.29 is 14.4 Å². The third-order valence-corrected chi connectivity index (χ3v) is 13.0. The maximum atomic E-state index is 14.0. The summed E-state index contributed by atoms with van der Waals surface area (Å²) < 4.78 is 0. The number of aromatic amines is 1. The van der Waals surface area contributed by atoms with Gasteiger partial charge in [-0.15, -0.1) is 11.3 Å². The minimum Gasteiger partial charge on any atom is -0.346 e. The van der Waals surface area contributed by atoms with Crippen LogP contribution in [0.25, 0.3) is 21.5 Å². The van der Waals surface area contributed by atoms with E-state index in [4.69, 9.17) is 0 Å². The Morgan fingerprint density at radius 3 is 2.09 bits per heavy atom. The molecule has 4 fully saturated rings. The number of thiophene rings is 1. The summed E-state index contributed by atoms with van der Waals surface area (Å²) in [6.07, 6.45) is 5.00. The number of aromatic nitrogens is 1. The number of likely N-dealkylation sites (tertiary alicyclic amines) is 1. The molecule has 252 valence electrons. The number of carbonyl (C=O) groups excluding carboxylic acids is 3. The molecule has 0 saturated carbocycles. The number of rotatable bonds is 8. The number of amides is 2. The van der Waals surface area contributed by atoms with Crippen LogP contribution in [-0.4, -0.2) is 107 Å². The minimum atomic E-state index is -0.523. The lowest BCUT2D eigenvalue weighted by molar-refractivity contribution is -0.142. The largest absolute Gasteiger partial charge is 0.346 e. The number of H-pyrrole nitrogens is 1. The van der Waals surface area contributed by atoms with Crippen molar-refractivity contribution in [2.45, 2.75) is 78.2 Å². The van der Waals surface area contributed by atoms with E-state index in [9.17, 15) is 14.4 Å². The van der Waals surface area contributed by atoms with Gasteiger partial charge in [0.25, 0.3) is 0 Å². The predicted molar refractivity (Wildman–Crippen MR) is 189 cm³/mol. The van der Waals surface area contributed by atoms with Crippen molar-refractivity contribution in [2.75, 3.05) is 58.9 Å². The van der Waals surface area contributed by atoms with E-state index in [1.54, 1.807) is 18.3 Å². The fourth-order valence-corrected chi connectivity index (χ4v) is 10.0. The SMILES string of the molecule is CC(=O)N1CCN(C(=O)C2CCN(CCc3c(-c4cc(C)cc(C)c4)[nH]c4sc(C(C)(C)C(=O)C5C6CCN5CC6)cc34)CC2)CC1. The van der Waals surface area contributed by atoms with Crippen LogP contribution in [0.5, 0.6) is 0 Å². The quantitative estimate of drug-likeness (QED) is 0.351. The van der Waals surface area contributed by atoms with E-state index >= 15 is 0 Å². The van der Waals surface area contributed by atoms with Crippen LogP contribution in [0.3, 0.4) is 0 Å². The number of carbonyl (C=O) groups is 3. The van der Waals surface area contributed by atoms with Gasteiger partial charge in [-0.25, -0.2) is 0 Å². The number of hydrogen-bond donors (Lipinski definition) is 1. The molecule has 3 aromatic rings. The second kappa shape index (κ2) is 12.8. The molecule has 2 bridgehead atoms. The van der Waals surface area contributed by atoms with Gasteiger partial charge >= 0.3 is 0 Å². The lowest BCUT2D eigenvalue weighted by Gasteiger charge is -2.38. The van der Waals surface area contributed by atoms with Crippen LogP contribution in [0.2, 0.25) is 0 Å². The van der Waals surface area contributed by atoms with Gasteiger partial charge in [0.2, 0.25) is 11.8 Å². The zero-order valence-corrected chi connectivity index (χ0v) is 29.7. The van der Waals surface area contributed by atoms with Gasteiger partial charge in [-0.2, -0.15) is 0 Å². The molecule has 0 aliphatic carbocycles. The van der Waals surface area contributed by atoms with Gasteiger partial charge in [-0.3, -0.25) is 19.3 Å². The summed E-state index contributed by atoms with van der Waals surface area (Å²) >= 11 is 1.76. The number of piperazine rings is 1. The Hall–Kier alpha value is -3.01. The molecule has 47 heavy (non-hydrogen) atoms. The zero-order valence-electron chi connectivity index (χ0n) is 28.9. The summed E-state index contributed by atoms with van der Waals surface area (Å²) in [6, 6.07) is 9.17. The molecule has 7 rings (SSSR count). The van der Waals surface area contributed by atoms with Gasteiger partial charge < -0.3 is 19.7 Å². The second-order valence-electron chi connectivity index (χ2n) is 15.2. The summed E-state index contributed by atoms with van der Waals surface area (Å²) in [5, 5.41) is 1.25. The Labute approximate surface area is 283 Å². The first-order valence-electron chi connectivity index (χ1n) is 17.8. The number of hydrogen-bond acceptors (Lipinski definition) is 6. The summed E-state index contributed by atoms with van der Waals surface area (Å²) in [7, 11) is 0. The van der Waals surface area contributed by atoms with Crippen molar-refractivity contribution in [3.63, 3.8) is 0 Å². The van der Waals surface area contributed by atoms with Crippen LogP contribution in [0.1, 0.15) is 68.0 Å². The molecule has 0 radical (unpaired) electrons. The first-order valence-corrected chi connectivity index (χ1v) is 18.6. The fraction of sp³-hybridized carbons (Fsp3) is 0.605. The Balaban J connectivity index is 1.08. The number of piperidine rings is 2. The topological polar surface area (TPSA) is 80.0 Å². The molecule has 2 amide bonds. The molecule has 2 aromatic heterocycles. The van der Waals surface area contributed by atoms with Crippen LogP contribution >= 0.6 is 11.3 Å². The average Bonchev–Trinajstić information content (AvgIpc) is 3.84. The molecule has 0 spiro atoms. The summed E-state index contributed by atoms with van der Waals surface area (Å²) in [6.45, 7) is 17.7. The molecule has 1 atom stereocenters. The highest BCUT2D eigenvalue weighted by Gasteiger charge is 2.49. The standard InChI is InChI=1S/C38H51N5O3S/c1-24-20-25(2)22-29(21-24)33-30(10-13-40-11-6-28(7-12-40)37(46)43-18-16-41(17-19-43)26(3)44)31-23-32(47-36(31)39-33)38(4,5)35(45)34-27-8-14-42(34)15-9-27/h20-23,27-28,34,39H,6-19H2,1-5H3. The third kappa shape index (κ3) is 6.19. The first kappa shape index (κ1) is 32.5. The highest BCUT2D eigenvalue weighted by Crippen LogP contribution is 2.44. The van der Waals surface area contributed by atoms with Crippen LogP contribution in [0.15, 0.2) is 24.3 Å². The molecule has 4 aliphatic heterocycles. The summed E-state index contributed by atoms with van der Waals surface area (Å²) in [4.78, 5) is 53.9. The van der Waals surface area contributed by atoms with Gasteiger partial charge in [0.05, 0.1) is 17.2 Å². The van der Waals surface area contributed by atoms with E-state index in [0.717, 1.165) is 74.5 Å². The molecule has 1 aromatic carbocycles. The van der Waals surface area contributed by atoms with E-state index in [1.165, 1.54) is 33.3 Å². The molecule has 8 nitrogen and oxygen atoms in total. The van der Waals surface area contributed by atoms with E-state index in [0.29, 0.717) is 37.9 Å². The molecule has 4 aliphatic rings. The lowest BCUT2D eigenvalue weighted by atomic mass is 9.79. The highest BCUT2D eigenvalue weighted by atomic mass is 32.1. The van der Waals surface area contributed by atoms with Crippen LogP contribution in [0, 0.1) is 25.7 Å². The summed E-state index contributed by atoms with van der Waals surface area (Å²) in [5.74, 6) is 1.34. The van der Waals surface area contributed by atoms with Gasteiger partial charge in [-0.1, -0.05) is 17.2 Å². The first-order chi connectivity index (χ1) is 22.5. The number of aryl methyl sites for hydroxylation is 2. The van der Waals surface area contributed by atoms with Crippen LogP contribution in [0.4, 0.5) is 0 Å². The predicted octanol–water partition coefficient (Wildman–Crippen LogP) is 5.40. The van der Waals surface area contributed by atoms with Crippen molar-refractivity contribution in [1.82, 2.24) is 24.6 Å². The van der Waals surface area contributed by atoms with Crippen molar-refractivity contribution in [2.24, 2.45) is 11.8 Å². The molecule has 6 heterocycles. The van der Waals surface area contributed by atoms with Gasteiger partial charge in [-0.05, 0) is 121 Å².